The van der Waals surface area contributed by atoms with E-state index in [0.717, 1.165) is 11.3 Å². The van der Waals surface area contributed by atoms with E-state index < -0.39 is 11.6 Å². The predicted octanol–water partition coefficient (Wildman–Crippen LogP) is 7.05. The summed E-state index contributed by atoms with van der Waals surface area (Å²) in [6.45, 7) is 0. The summed E-state index contributed by atoms with van der Waals surface area (Å²) in [7, 11) is 0. The van der Waals surface area contributed by atoms with Crippen LogP contribution in [0.25, 0.3) is 34.3 Å². The highest BCUT2D eigenvalue weighted by Gasteiger charge is 2.37. The lowest BCUT2D eigenvalue weighted by molar-refractivity contribution is 0.0990. The molecule has 1 aliphatic rings. The maximum absolute atomic E-state index is 13.1. The van der Waals surface area contributed by atoms with Crippen molar-refractivity contribution >= 4 is 52.1 Å². The number of furan rings is 1. The van der Waals surface area contributed by atoms with Crippen LogP contribution in [0.5, 0.6) is 0 Å². The van der Waals surface area contributed by atoms with Crippen LogP contribution in [0, 0.1) is 0 Å². The Hall–Kier alpha value is -3.93. The van der Waals surface area contributed by atoms with Gasteiger partial charge in [-0.05, 0) is 30.3 Å². The normalized spacial score (nSPS) is 13.1. The number of allylic oxidation sites excluding steroid dienone is 1. The van der Waals surface area contributed by atoms with Crippen molar-refractivity contribution in [2.24, 2.45) is 0 Å². The predicted molar refractivity (Wildman–Crippen MR) is 132 cm³/mol. The van der Waals surface area contributed by atoms with Gasteiger partial charge in [-0.15, -0.1) is 0 Å². The maximum Gasteiger partial charge on any atom is 0.246 e. The van der Waals surface area contributed by atoms with Gasteiger partial charge in [0.05, 0.1) is 26.7 Å². The molecule has 2 aromatic heterocycles. The van der Waals surface area contributed by atoms with E-state index in [1.807, 2.05) is 71.3 Å². The lowest BCUT2D eigenvalue weighted by Gasteiger charge is -2.06. The van der Waals surface area contributed by atoms with Gasteiger partial charge >= 0.3 is 0 Å². The molecule has 0 saturated heterocycles. The quantitative estimate of drug-likeness (QED) is 0.203. The fourth-order valence-electron chi connectivity index (χ4n) is 4.21. The molecule has 0 radical (unpaired) electrons. The third kappa shape index (κ3) is 3.13. The van der Waals surface area contributed by atoms with Gasteiger partial charge in [-0.2, -0.15) is 4.98 Å². The standard InChI is InChI=1S/C27H14Cl2N2O3/c28-18-11-12-19(29)24-23(18)25(32)17(26(24)33)13-22-30-27-20(31(22)16-9-5-2-6-10-16)14-21(34-27)15-7-3-1-4-8-15/h1-14H. The molecule has 0 spiro atoms. The highest BCUT2D eigenvalue weighted by molar-refractivity contribution is 6.49. The van der Waals surface area contributed by atoms with Gasteiger partial charge in [0.1, 0.15) is 17.1 Å². The van der Waals surface area contributed by atoms with Gasteiger partial charge in [0.2, 0.25) is 5.71 Å². The first kappa shape index (κ1) is 20.7. The molecule has 6 rings (SSSR count). The van der Waals surface area contributed by atoms with E-state index >= 15 is 0 Å². The molecule has 0 aliphatic heterocycles. The Morgan fingerprint density at radius 2 is 1.38 bits per heavy atom. The molecule has 0 atom stereocenters. The van der Waals surface area contributed by atoms with Gasteiger partial charge in [0.15, 0.2) is 11.6 Å². The Bertz CT molecular complexity index is 1610. The number of fused-ring (bicyclic) bond motifs is 2. The third-order valence-corrected chi connectivity index (χ3v) is 6.40. The molecule has 5 aromatic rings. The number of benzene rings is 3. The molecule has 0 bridgehead atoms. The summed E-state index contributed by atoms with van der Waals surface area (Å²) in [6.07, 6.45) is 1.47. The zero-order valence-electron chi connectivity index (χ0n) is 17.5. The molecule has 1 aliphatic carbocycles. The number of Topliss-reactive ketones (excluding diaryl/α,β-unsaturated/α-hetero) is 2. The lowest BCUT2D eigenvalue weighted by Crippen LogP contribution is -2.04. The van der Waals surface area contributed by atoms with Crippen LogP contribution < -0.4 is 0 Å². The van der Waals surface area contributed by atoms with Gasteiger partial charge in [-0.25, -0.2) is 0 Å². The Kier molecular flexibility index (Phi) is 4.76. The van der Waals surface area contributed by atoms with E-state index in [0.29, 0.717) is 22.8 Å². The van der Waals surface area contributed by atoms with Crippen LogP contribution in [0.15, 0.2) is 88.9 Å². The Morgan fingerprint density at radius 3 is 2.00 bits per heavy atom. The average Bonchev–Trinajstić information content (AvgIpc) is 3.49. The van der Waals surface area contributed by atoms with Gasteiger partial charge in [-0.3, -0.25) is 14.2 Å². The average molecular weight is 485 g/mol. The van der Waals surface area contributed by atoms with E-state index in [2.05, 4.69) is 4.98 Å². The summed E-state index contributed by atoms with van der Waals surface area (Å²) < 4.78 is 7.89. The zero-order valence-corrected chi connectivity index (χ0v) is 19.0. The number of rotatable bonds is 3. The van der Waals surface area contributed by atoms with Gasteiger partial charge in [-0.1, -0.05) is 71.7 Å². The van der Waals surface area contributed by atoms with Crippen molar-refractivity contribution in [3.05, 3.63) is 111 Å². The summed E-state index contributed by atoms with van der Waals surface area (Å²) in [5, 5.41) is 0.377. The minimum Gasteiger partial charge on any atom is -0.436 e. The number of hydrogen-bond acceptors (Lipinski definition) is 4. The molecule has 0 fully saturated rings. The molecular weight excluding hydrogens is 471 g/mol. The largest absolute Gasteiger partial charge is 0.436 e. The number of ketones is 2. The molecule has 2 heterocycles. The molecule has 0 saturated carbocycles. The zero-order chi connectivity index (χ0) is 23.4. The number of carbonyl (C=O) groups excluding carboxylic acids is 2. The van der Waals surface area contributed by atoms with Crippen molar-refractivity contribution in [3.63, 3.8) is 0 Å². The van der Waals surface area contributed by atoms with Crippen molar-refractivity contribution in [3.8, 4) is 17.0 Å². The summed E-state index contributed by atoms with van der Waals surface area (Å²) in [4.78, 5) is 30.9. The Labute approximate surface area is 203 Å². The number of hydrogen-bond donors (Lipinski definition) is 0. The van der Waals surface area contributed by atoms with Crippen molar-refractivity contribution in [2.45, 2.75) is 0 Å². The maximum atomic E-state index is 13.1. The van der Waals surface area contributed by atoms with Crippen LogP contribution in [0.2, 0.25) is 10.0 Å². The van der Waals surface area contributed by atoms with Crippen LogP contribution in [0.3, 0.4) is 0 Å². The Morgan fingerprint density at radius 1 is 0.794 bits per heavy atom. The molecule has 7 heteroatoms. The van der Waals surface area contributed by atoms with Crippen molar-refractivity contribution in [1.82, 2.24) is 9.55 Å². The van der Waals surface area contributed by atoms with Gasteiger partial charge < -0.3 is 4.42 Å². The molecule has 5 nitrogen and oxygen atoms in total. The molecule has 34 heavy (non-hydrogen) atoms. The summed E-state index contributed by atoms with van der Waals surface area (Å²) in [5.41, 5.74) is 3.03. The lowest BCUT2D eigenvalue weighted by atomic mass is 10.1. The number of carbonyl (C=O) groups is 2. The first-order valence-corrected chi connectivity index (χ1v) is 11.2. The first-order chi connectivity index (χ1) is 16.5. The molecule has 0 N–H and O–H groups in total. The smallest absolute Gasteiger partial charge is 0.246 e. The number of imidazole rings is 1. The van der Waals surface area contributed by atoms with Crippen LogP contribution in [0.4, 0.5) is 0 Å². The van der Waals surface area contributed by atoms with Crippen LogP contribution in [0.1, 0.15) is 26.5 Å². The minimum absolute atomic E-state index is 0.0434. The van der Waals surface area contributed by atoms with E-state index in [9.17, 15) is 9.59 Å². The Balaban J connectivity index is 1.55. The number of halogens is 2. The molecule has 0 amide bonds. The van der Waals surface area contributed by atoms with E-state index in [4.69, 9.17) is 27.6 Å². The van der Waals surface area contributed by atoms with Crippen LogP contribution >= 0.6 is 23.2 Å². The molecular formula is C27H14Cl2N2O3. The SMILES string of the molecule is O=C1C(=Cc2nc3oc(-c4ccccc4)cc3n2-c2ccccc2)C(=O)c2c(Cl)ccc(Cl)c21. The van der Waals surface area contributed by atoms with E-state index in [1.54, 1.807) is 0 Å². The molecule has 3 aromatic carbocycles. The number of nitrogens with zero attached hydrogens (tertiary/aromatic N) is 2. The second kappa shape index (κ2) is 7.83. The highest BCUT2D eigenvalue weighted by atomic mass is 35.5. The monoisotopic (exact) mass is 484 g/mol. The number of para-hydroxylation sites is 1. The van der Waals surface area contributed by atoms with Gasteiger partial charge in [0, 0.05) is 17.3 Å². The topological polar surface area (TPSA) is 65.1 Å². The summed E-state index contributed by atoms with van der Waals surface area (Å²) in [5.74, 6) is 0.102. The van der Waals surface area contributed by atoms with Crippen LogP contribution in [-0.4, -0.2) is 21.1 Å². The van der Waals surface area contributed by atoms with Crippen molar-refractivity contribution in [2.75, 3.05) is 0 Å². The minimum atomic E-state index is -0.475. The van der Waals surface area contributed by atoms with Crippen LogP contribution in [-0.2, 0) is 0 Å². The summed E-state index contributed by atoms with van der Waals surface area (Å²) in [6, 6.07) is 24.2. The fourth-order valence-corrected chi connectivity index (χ4v) is 4.69. The first-order valence-electron chi connectivity index (χ1n) is 10.4. The van der Waals surface area contributed by atoms with Crippen molar-refractivity contribution < 1.29 is 14.0 Å². The summed E-state index contributed by atoms with van der Waals surface area (Å²) >= 11 is 12.4. The molecule has 164 valence electrons. The highest BCUT2D eigenvalue weighted by Crippen LogP contribution is 2.38. The number of aromatic nitrogens is 2. The molecule has 0 unspecified atom stereocenters. The fraction of sp³-hybridized carbons (Fsp3) is 0. The van der Waals surface area contributed by atoms with Gasteiger partial charge in [0.25, 0.3) is 0 Å². The third-order valence-electron chi connectivity index (χ3n) is 5.77. The second-order valence-electron chi connectivity index (χ2n) is 7.80. The van der Waals surface area contributed by atoms with E-state index in [1.165, 1.54) is 18.2 Å². The van der Waals surface area contributed by atoms with Crippen molar-refractivity contribution in [1.29, 1.82) is 0 Å². The van der Waals surface area contributed by atoms with E-state index in [-0.39, 0.29) is 26.7 Å². The second-order valence-corrected chi connectivity index (χ2v) is 8.62.